The molecular weight excluding hydrogens is 303 g/mol. The number of nitrogens with one attached hydrogen (secondary N) is 1. The van der Waals surface area contributed by atoms with Crippen molar-refractivity contribution in [2.45, 2.75) is 0 Å². The van der Waals surface area contributed by atoms with Crippen LogP contribution in [0.5, 0.6) is 0 Å². The molecule has 0 atom stereocenters. The summed E-state index contributed by atoms with van der Waals surface area (Å²) < 4.78 is 1.75. The number of rotatable bonds is 2. The molecular formula is C9H5Cl3N4S. The van der Waals surface area contributed by atoms with Gasteiger partial charge in [-0.2, -0.15) is 14.9 Å². The molecule has 0 amide bonds. The molecule has 17 heavy (non-hydrogen) atoms. The summed E-state index contributed by atoms with van der Waals surface area (Å²) in [6, 6.07) is 3.26. The Hall–Kier alpha value is -0.880. The van der Waals surface area contributed by atoms with Gasteiger partial charge in [0.05, 0.1) is 21.3 Å². The number of nitrogens with zero attached hydrogens (tertiary/aromatic N) is 3. The molecule has 0 aliphatic carbocycles. The molecule has 0 bridgehead atoms. The van der Waals surface area contributed by atoms with Gasteiger partial charge in [0, 0.05) is 5.56 Å². The molecule has 4 nitrogen and oxygen atoms in total. The van der Waals surface area contributed by atoms with Crippen molar-refractivity contribution in [3.8, 4) is 0 Å². The van der Waals surface area contributed by atoms with Gasteiger partial charge in [-0.15, -0.1) is 0 Å². The lowest BCUT2D eigenvalue weighted by Gasteiger charge is -2.02. The molecule has 1 N–H and O–H groups in total. The molecule has 1 aromatic carbocycles. The largest absolute Gasteiger partial charge is 0.250 e. The molecule has 0 spiro atoms. The molecule has 0 fully saturated rings. The minimum absolute atomic E-state index is 0.345. The van der Waals surface area contributed by atoms with Crippen molar-refractivity contribution in [2.75, 3.05) is 0 Å². The quantitative estimate of drug-likeness (QED) is 0.521. The van der Waals surface area contributed by atoms with Gasteiger partial charge in [-0.3, -0.25) is 5.10 Å². The molecule has 0 unspecified atom stereocenters. The second kappa shape index (κ2) is 5.18. The van der Waals surface area contributed by atoms with Gasteiger partial charge < -0.3 is 0 Å². The molecule has 88 valence electrons. The van der Waals surface area contributed by atoms with E-state index in [0.29, 0.717) is 25.4 Å². The van der Waals surface area contributed by atoms with Gasteiger partial charge >= 0.3 is 0 Å². The highest BCUT2D eigenvalue weighted by Crippen LogP contribution is 2.29. The van der Waals surface area contributed by atoms with Crippen LogP contribution in [0.1, 0.15) is 5.56 Å². The Morgan fingerprint density at radius 2 is 2.00 bits per heavy atom. The van der Waals surface area contributed by atoms with E-state index in [1.54, 1.807) is 12.1 Å². The molecule has 8 heteroatoms. The third-order valence-corrected chi connectivity index (χ3v) is 3.35. The second-order valence-electron chi connectivity index (χ2n) is 3.01. The SMILES string of the molecule is S=c1[nH]ncn1N=Cc1c(Cl)ccc(Cl)c1Cl. The fourth-order valence-electron chi connectivity index (χ4n) is 1.11. The highest BCUT2D eigenvalue weighted by Gasteiger charge is 2.07. The fourth-order valence-corrected chi connectivity index (χ4v) is 1.89. The van der Waals surface area contributed by atoms with Crippen molar-refractivity contribution in [1.82, 2.24) is 14.9 Å². The van der Waals surface area contributed by atoms with Gasteiger partial charge in [-0.25, -0.2) is 0 Å². The monoisotopic (exact) mass is 306 g/mol. The third kappa shape index (κ3) is 2.69. The van der Waals surface area contributed by atoms with Crippen LogP contribution in [-0.4, -0.2) is 21.1 Å². The summed E-state index contributed by atoms with van der Waals surface area (Å²) in [5, 5.41) is 11.6. The van der Waals surface area contributed by atoms with Crippen LogP contribution in [0.25, 0.3) is 0 Å². The normalized spacial score (nSPS) is 11.2. The minimum atomic E-state index is 0.345. The van der Waals surface area contributed by atoms with Crippen molar-refractivity contribution >= 4 is 53.2 Å². The number of hydrogen-bond donors (Lipinski definition) is 1. The fraction of sp³-hybridized carbons (Fsp3) is 0. The Kier molecular flexibility index (Phi) is 3.83. The summed E-state index contributed by atoms with van der Waals surface area (Å²) in [7, 11) is 0. The minimum Gasteiger partial charge on any atom is -0.250 e. The van der Waals surface area contributed by atoms with Crippen LogP contribution >= 0.6 is 47.0 Å². The zero-order chi connectivity index (χ0) is 12.4. The topological polar surface area (TPSA) is 46.0 Å². The third-order valence-electron chi connectivity index (χ3n) is 1.93. The van der Waals surface area contributed by atoms with Crippen LogP contribution < -0.4 is 0 Å². The molecule has 0 aliphatic rings. The van der Waals surface area contributed by atoms with E-state index in [4.69, 9.17) is 47.0 Å². The first kappa shape index (κ1) is 12.6. The van der Waals surface area contributed by atoms with Crippen LogP contribution in [0.15, 0.2) is 23.6 Å². The molecule has 0 saturated heterocycles. The maximum absolute atomic E-state index is 6.01. The number of hydrogen-bond acceptors (Lipinski definition) is 3. The number of aromatic nitrogens is 3. The van der Waals surface area contributed by atoms with Crippen LogP contribution in [0.4, 0.5) is 0 Å². The summed E-state index contributed by atoms with van der Waals surface area (Å²) in [6.45, 7) is 0. The van der Waals surface area contributed by atoms with Crippen LogP contribution in [0.3, 0.4) is 0 Å². The zero-order valence-corrected chi connectivity index (χ0v) is 11.3. The number of benzene rings is 1. The lowest BCUT2D eigenvalue weighted by molar-refractivity contribution is 0.863. The Labute approximate surface area is 117 Å². The summed E-state index contributed by atoms with van der Waals surface area (Å²) in [4.78, 5) is 0. The lowest BCUT2D eigenvalue weighted by Crippen LogP contribution is -1.91. The molecule has 0 aliphatic heterocycles. The van der Waals surface area contributed by atoms with Crippen LogP contribution in [0, 0.1) is 4.77 Å². The van der Waals surface area contributed by atoms with Crippen molar-refractivity contribution in [3.05, 3.63) is 43.9 Å². The number of aromatic amines is 1. The van der Waals surface area contributed by atoms with Crippen molar-refractivity contribution < 1.29 is 0 Å². The van der Waals surface area contributed by atoms with Crippen LogP contribution in [0.2, 0.25) is 15.1 Å². The number of H-pyrrole nitrogens is 1. The Morgan fingerprint density at radius 3 is 2.65 bits per heavy atom. The molecule has 2 aromatic rings. The van der Waals surface area contributed by atoms with E-state index >= 15 is 0 Å². The average Bonchev–Trinajstić information content (AvgIpc) is 2.70. The first-order valence-electron chi connectivity index (χ1n) is 4.39. The maximum atomic E-state index is 6.01. The maximum Gasteiger partial charge on any atom is 0.216 e. The Balaban J connectivity index is 2.43. The predicted molar refractivity (Wildman–Crippen MR) is 71.9 cm³/mol. The van der Waals surface area contributed by atoms with E-state index in [9.17, 15) is 0 Å². The van der Waals surface area contributed by atoms with E-state index in [1.807, 2.05) is 0 Å². The summed E-state index contributed by atoms with van der Waals surface area (Å²) >= 11 is 22.8. The highest BCUT2D eigenvalue weighted by atomic mass is 35.5. The summed E-state index contributed by atoms with van der Waals surface area (Å²) in [6.07, 6.45) is 2.91. The molecule has 1 aromatic heterocycles. The summed E-state index contributed by atoms with van der Waals surface area (Å²) in [5.41, 5.74) is 0.531. The summed E-state index contributed by atoms with van der Waals surface area (Å²) in [5.74, 6) is 0. The zero-order valence-electron chi connectivity index (χ0n) is 8.19. The first-order chi connectivity index (χ1) is 8.09. The van der Waals surface area contributed by atoms with Crippen LogP contribution in [-0.2, 0) is 0 Å². The molecule has 0 saturated carbocycles. The van der Waals surface area contributed by atoms with E-state index < -0.39 is 0 Å². The number of halogens is 3. The molecule has 0 radical (unpaired) electrons. The second-order valence-corrected chi connectivity index (χ2v) is 4.59. The average molecular weight is 308 g/mol. The predicted octanol–water partition coefficient (Wildman–Crippen LogP) is 3.78. The van der Waals surface area contributed by atoms with Gasteiger partial charge in [0.1, 0.15) is 6.33 Å². The molecule has 2 rings (SSSR count). The standard InChI is InChI=1S/C9H5Cl3N4S/c10-6-1-2-7(11)8(12)5(6)3-14-16-4-13-15-9(16)17/h1-4H,(H,15,17). The van der Waals surface area contributed by atoms with Crippen molar-refractivity contribution in [2.24, 2.45) is 5.10 Å². The van der Waals surface area contributed by atoms with E-state index in [-0.39, 0.29) is 0 Å². The smallest absolute Gasteiger partial charge is 0.216 e. The Morgan fingerprint density at radius 1 is 1.29 bits per heavy atom. The molecule has 1 heterocycles. The van der Waals surface area contributed by atoms with Crippen molar-refractivity contribution in [1.29, 1.82) is 0 Å². The van der Waals surface area contributed by atoms with Gasteiger partial charge in [-0.05, 0) is 24.4 Å². The lowest BCUT2D eigenvalue weighted by atomic mass is 10.2. The highest BCUT2D eigenvalue weighted by molar-refractivity contribution is 7.71. The van der Waals surface area contributed by atoms with E-state index in [1.165, 1.54) is 17.2 Å². The van der Waals surface area contributed by atoms with Gasteiger partial charge in [0.15, 0.2) is 0 Å². The van der Waals surface area contributed by atoms with Crippen molar-refractivity contribution in [3.63, 3.8) is 0 Å². The first-order valence-corrected chi connectivity index (χ1v) is 5.93. The van der Waals surface area contributed by atoms with E-state index in [2.05, 4.69) is 15.3 Å². The van der Waals surface area contributed by atoms with E-state index in [0.717, 1.165) is 0 Å². The van der Waals surface area contributed by atoms with Gasteiger partial charge in [0.2, 0.25) is 4.77 Å². The van der Waals surface area contributed by atoms with Gasteiger partial charge in [-0.1, -0.05) is 34.8 Å². The van der Waals surface area contributed by atoms with Gasteiger partial charge in [0.25, 0.3) is 0 Å². The Bertz CT molecular complexity index is 631.